The summed E-state index contributed by atoms with van der Waals surface area (Å²) in [4.78, 5) is 2.09. The normalized spacial score (nSPS) is 16.6. The number of halogens is 1. The van der Waals surface area contributed by atoms with Crippen molar-refractivity contribution >= 4 is 0 Å². The largest absolute Gasteiger partial charge is 0.387 e. The van der Waals surface area contributed by atoms with Crippen molar-refractivity contribution in [3.05, 3.63) is 72.2 Å². The van der Waals surface area contributed by atoms with E-state index in [1.165, 1.54) is 6.07 Å². The molecule has 128 valence electrons. The molecule has 1 aliphatic heterocycles. The molecule has 1 unspecified atom stereocenters. The number of hydrogen-bond donors (Lipinski definition) is 1. The third kappa shape index (κ3) is 3.31. The zero-order chi connectivity index (χ0) is 17.2. The molecule has 1 aromatic heterocycles. The number of nitrogens with zero attached hydrogens (tertiary/aromatic N) is 4. The Bertz CT molecular complexity index is 845. The summed E-state index contributed by atoms with van der Waals surface area (Å²) >= 11 is 0. The fraction of sp³-hybridized carbons (Fsp3) is 0.263. The second-order valence-corrected chi connectivity index (χ2v) is 6.36. The van der Waals surface area contributed by atoms with Gasteiger partial charge in [-0.05, 0) is 6.07 Å². The number of aliphatic hydroxyl groups is 1. The lowest BCUT2D eigenvalue weighted by Gasteiger charge is -2.39. The Morgan fingerprint density at radius 3 is 2.56 bits per heavy atom. The summed E-state index contributed by atoms with van der Waals surface area (Å²) in [5.41, 5.74) is 2.24. The van der Waals surface area contributed by atoms with Gasteiger partial charge in [0.05, 0.1) is 18.3 Å². The second kappa shape index (κ2) is 6.74. The first-order valence-electron chi connectivity index (χ1n) is 8.33. The molecule has 1 atom stereocenters. The van der Waals surface area contributed by atoms with Crippen molar-refractivity contribution in [2.45, 2.75) is 12.1 Å². The van der Waals surface area contributed by atoms with Crippen LogP contribution in [0.3, 0.4) is 0 Å². The molecule has 0 bridgehead atoms. The lowest BCUT2D eigenvalue weighted by molar-refractivity contribution is 0.0382. The molecule has 0 radical (unpaired) electrons. The zero-order valence-electron chi connectivity index (χ0n) is 13.7. The van der Waals surface area contributed by atoms with E-state index in [2.05, 4.69) is 15.2 Å². The maximum Gasteiger partial charge on any atom is 0.129 e. The van der Waals surface area contributed by atoms with Crippen LogP contribution < -0.4 is 0 Å². The summed E-state index contributed by atoms with van der Waals surface area (Å²) in [6.45, 7) is 1.95. The summed E-state index contributed by atoms with van der Waals surface area (Å²) in [5, 5.41) is 18.7. The molecule has 0 amide bonds. The Hall–Kier alpha value is -2.57. The number of benzene rings is 2. The number of rotatable bonds is 5. The minimum Gasteiger partial charge on any atom is -0.387 e. The average molecular weight is 338 g/mol. The summed E-state index contributed by atoms with van der Waals surface area (Å²) < 4.78 is 15.6. The first kappa shape index (κ1) is 15.9. The van der Waals surface area contributed by atoms with E-state index in [0.29, 0.717) is 12.1 Å². The predicted octanol–water partition coefficient (Wildman–Crippen LogP) is 2.67. The second-order valence-electron chi connectivity index (χ2n) is 6.36. The Morgan fingerprint density at radius 2 is 1.80 bits per heavy atom. The number of likely N-dealkylation sites (tertiary alicyclic amines) is 1. The Morgan fingerprint density at radius 1 is 1.08 bits per heavy atom. The Kier molecular flexibility index (Phi) is 4.29. The van der Waals surface area contributed by atoms with Crippen LogP contribution in [0.15, 0.2) is 60.8 Å². The maximum atomic E-state index is 13.7. The molecule has 25 heavy (non-hydrogen) atoms. The van der Waals surface area contributed by atoms with Crippen molar-refractivity contribution in [3.63, 3.8) is 0 Å². The van der Waals surface area contributed by atoms with Gasteiger partial charge in [-0.1, -0.05) is 53.7 Å². The van der Waals surface area contributed by atoms with Crippen molar-refractivity contribution in [2.24, 2.45) is 0 Å². The van der Waals surface area contributed by atoms with E-state index in [-0.39, 0.29) is 11.9 Å². The summed E-state index contributed by atoms with van der Waals surface area (Å²) in [5.74, 6) is -0.365. The van der Waals surface area contributed by atoms with E-state index in [0.717, 1.165) is 24.3 Å². The van der Waals surface area contributed by atoms with E-state index in [1.807, 2.05) is 41.2 Å². The van der Waals surface area contributed by atoms with Crippen LogP contribution in [-0.4, -0.2) is 44.6 Å². The van der Waals surface area contributed by atoms with Gasteiger partial charge < -0.3 is 5.11 Å². The molecule has 0 aliphatic carbocycles. The molecular formula is C19H19FN4O. The van der Waals surface area contributed by atoms with Gasteiger partial charge in [-0.2, -0.15) is 0 Å². The molecule has 0 saturated carbocycles. The smallest absolute Gasteiger partial charge is 0.129 e. The van der Waals surface area contributed by atoms with Gasteiger partial charge in [-0.25, -0.2) is 9.07 Å². The zero-order valence-corrected chi connectivity index (χ0v) is 13.7. The lowest BCUT2D eigenvalue weighted by atomic mass is 10.0. The van der Waals surface area contributed by atoms with Gasteiger partial charge in [0, 0.05) is 30.8 Å². The molecule has 5 nitrogen and oxygen atoms in total. The highest BCUT2D eigenvalue weighted by atomic mass is 19.1. The molecule has 1 saturated heterocycles. The van der Waals surface area contributed by atoms with Crippen LogP contribution in [0.4, 0.5) is 4.39 Å². The van der Waals surface area contributed by atoms with Gasteiger partial charge in [0.1, 0.15) is 11.5 Å². The van der Waals surface area contributed by atoms with Crippen LogP contribution in [0.1, 0.15) is 17.7 Å². The molecule has 3 aromatic rings. The molecule has 1 fully saturated rings. The fourth-order valence-corrected chi connectivity index (χ4v) is 3.14. The van der Waals surface area contributed by atoms with Gasteiger partial charge in [0.2, 0.25) is 0 Å². The van der Waals surface area contributed by atoms with Gasteiger partial charge in [-0.15, -0.1) is 5.10 Å². The summed E-state index contributed by atoms with van der Waals surface area (Å²) in [6, 6.07) is 16.5. The lowest BCUT2D eigenvalue weighted by Crippen LogP contribution is -2.49. The van der Waals surface area contributed by atoms with Crippen LogP contribution in [0.2, 0.25) is 0 Å². The Labute approximate surface area is 145 Å². The molecule has 1 aliphatic rings. The monoisotopic (exact) mass is 338 g/mol. The summed E-state index contributed by atoms with van der Waals surface area (Å²) in [7, 11) is 0. The van der Waals surface area contributed by atoms with Crippen LogP contribution in [0.25, 0.3) is 11.3 Å². The first-order valence-corrected chi connectivity index (χ1v) is 8.33. The van der Waals surface area contributed by atoms with Gasteiger partial charge >= 0.3 is 0 Å². The molecule has 0 spiro atoms. The third-order valence-electron chi connectivity index (χ3n) is 4.59. The van der Waals surface area contributed by atoms with Gasteiger partial charge in [0.15, 0.2) is 0 Å². The molecule has 4 rings (SSSR count). The molecule has 2 aromatic carbocycles. The molecule has 2 heterocycles. The van der Waals surface area contributed by atoms with Crippen molar-refractivity contribution in [2.75, 3.05) is 19.6 Å². The minimum absolute atomic E-state index is 0.234. The molecule has 6 heteroatoms. The quantitative estimate of drug-likeness (QED) is 0.777. The standard InChI is InChI=1S/C19H19FN4O/c20-17-9-5-4-8-16(17)19(25)13-23-10-15(11-23)24-12-18(21-22-24)14-6-2-1-3-7-14/h1-9,12,15,19,25H,10-11,13H2. The van der Waals surface area contributed by atoms with Crippen LogP contribution >= 0.6 is 0 Å². The molecule has 1 N–H and O–H groups in total. The number of β-amino-alcohol motifs (C(OH)–C–C–N with tert-alkyl or cyclic N) is 1. The average Bonchev–Trinajstić information content (AvgIpc) is 3.08. The van der Waals surface area contributed by atoms with E-state index in [1.54, 1.807) is 18.2 Å². The number of hydrogen-bond acceptors (Lipinski definition) is 4. The highest BCUT2D eigenvalue weighted by Gasteiger charge is 2.31. The van der Waals surface area contributed by atoms with Crippen LogP contribution in [0.5, 0.6) is 0 Å². The van der Waals surface area contributed by atoms with E-state index in [9.17, 15) is 9.50 Å². The third-order valence-corrected chi connectivity index (χ3v) is 4.59. The number of aromatic nitrogens is 3. The van der Waals surface area contributed by atoms with Crippen molar-refractivity contribution < 1.29 is 9.50 Å². The van der Waals surface area contributed by atoms with Crippen molar-refractivity contribution in [1.82, 2.24) is 19.9 Å². The Balaban J connectivity index is 1.35. The van der Waals surface area contributed by atoms with Crippen LogP contribution in [-0.2, 0) is 0 Å². The van der Waals surface area contributed by atoms with Gasteiger partial charge in [-0.3, -0.25) is 4.90 Å². The van der Waals surface area contributed by atoms with E-state index in [4.69, 9.17) is 0 Å². The van der Waals surface area contributed by atoms with Gasteiger partial charge in [0.25, 0.3) is 0 Å². The minimum atomic E-state index is -0.822. The van der Waals surface area contributed by atoms with Crippen LogP contribution in [0, 0.1) is 5.82 Å². The highest BCUT2D eigenvalue weighted by molar-refractivity contribution is 5.57. The first-order chi connectivity index (χ1) is 12.2. The molecular weight excluding hydrogens is 319 g/mol. The summed E-state index contributed by atoms with van der Waals surface area (Å²) in [6.07, 6.45) is 1.13. The van der Waals surface area contributed by atoms with E-state index >= 15 is 0 Å². The van der Waals surface area contributed by atoms with Crippen molar-refractivity contribution in [3.8, 4) is 11.3 Å². The predicted molar refractivity (Wildman–Crippen MR) is 92.3 cm³/mol. The SMILES string of the molecule is OC(CN1CC(n2cc(-c3ccccc3)nn2)C1)c1ccccc1F. The van der Waals surface area contributed by atoms with E-state index < -0.39 is 6.10 Å². The fourth-order valence-electron chi connectivity index (χ4n) is 3.14. The topological polar surface area (TPSA) is 54.2 Å². The maximum absolute atomic E-state index is 13.7. The number of aliphatic hydroxyl groups excluding tert-OH is 1. The van der Waals surface area contributed by atoms with Crippen molar-refractivity contribution in [1.29, 1.82) is 0 Å². The highest BCUT2D eigenvalue weighted by Crippen LogP contribution is 2.26.